The van der Waals surface area contributed by atoms with Crippen molar-refractivity contribution in [3.05, 3.63) is 42.6 Å². The molecule has 0 saturated heterocycles. The minimum Gasteiger partial charge on any atom is -0.363 e. The van der Waals surface area contributed by atoms with Gasteiger partial charge >= 0.3 is 0 Å². The first-order valence-electron chi connectivity index (χ1n) is 9.08. The summed E-state index contributed by atoms with van der Waals surface area (Å²) in [5.41, 5.74) is 3.75. The van der Waals surface area contributed by atoms with Crippen LogP contribution in [0.1, 0.15) is 19.8 Å². The molecule has 0 radical (unpaired) electrons. The first-order chi connectivity index (χ1) is 13.1. The van der Waals surface area contributed by atoms with E-state index in [2.05, 4.69) is 25.9 Å². The number of nitrogens with one attached hydrogen (secondary N) is 4. The Morgan fingerprint density at radius 3 is 2.70 bits per heavy atom. The smallest absolute Gasteiger partial charge is 0.228 e. The quantitative estimate of drug-likeness (QED) is 0.506. The third-order valence-electron chi connectivity index (χ3n) is 4.52. The summed E-state index contributed by atoms with van der Waals surface area (Å²) in [6.45, 7) is 2.78. The summed E-state index contributed by atoms with van der Waals surface area (Å²) in [4.78, 5) is 19.8. The van der Waals surface area contributed by atoms with Gasteiger partial charge in [-0.2, -0.15) is 0 Å². The summed E-state index contributed by atoms with van der Waals surface area (Å²) in [5.74, 6) is 0.767. The zero-order chi connectivity index (χ0) is 18.8. The first-order valence-corrected chi connectivity index (χ1v) is 9.49. The zero-order valence-electron chi connectivity index (χ0n) is 15.0. The monoisotopic (exact) mass is 379 g/mol. The van der Waals surface area contributed by atoms with E-state index in [0.717, 1.165) is 47.2 Å². The van der Waals surface area contributed by atoms with Gasteiger partial charge in [-0.05, 0) is 67.4 Å². The number of amides is 1. The number of anilines is 2. The molecular weight excluding hydrogens is 358 g/mol. The van der Waals surface area contributed by atoms with Crippen LogP contribution < -0.4 is 16.0 Å². The third kappa shape index (κ3) is 3.93. The Bertz CT molecular complexity index is 991. The number of hydrogen-bond acceptors (Lipinski definition) is 3. The average Bonchev–Trinajstić information content (AvgIpc) is 3.40. The van der Waals surface area contributed by atoms with Gasteiger partial charge in [0.15, 0.2) is 5.11 Å². The number of thiocarbonyl (C=S) groups is 1. The lowest BCUT2D eigenvalue weighted by Crippen LogP contribution is -2.27. The van der Waals surface area contributed by atoms with Crippen molar-refractivity contribution in [3.8, 4) is 11.1 Å². The van der Waals surface area contributed by atoms with E-state index < -0.39 is 0 Å². The van der Waals surface area contributed by atoms with Gasteiger partial charge in [-0.15, -0.1) is 0 Å². The number of carbonyl (C=O) groups is 1. The minimum absolute atomic E-state index is 0.0517. The highest BCUT2D eigenvalue weighted by Crippen LogP contribution is 2.33. The van der Waals surface area contributed by atoms with Crippen molar-refractivity contribution in [3.63, 3.8) is 0 Å². The number of aromatic amines is 1. The lowest BCUT2D eigenvalue weighted by Gasteiger charge is -2.11. The van der Waals surface area contributed by atoms with Gasteiger partial charge in [-0.3, -0.25) is 4.79 Å². The number of aromatic nitrogens is 2. The maximum Gasteiger partial charge on any atom is 0.228 e. The molecule has 1 amide bonds. The largest absolute Gasteiger partial charge is 0.363 e. The summed E-state index contributed by atoms with van der Waals surface area (Å²) in [5, 5.41) is 10.8. The molecular formula is C20H21N5OS. The van der Waals surface area contributed by atoms with Crippen LogP contribution in [0, 0.1) is 5.92 Å². The van der Waals surface area contributed by atoms with Crippen LogP contribution in [0.4, 0.5) is 11.5 Å². The molecule has 0 spiro atoms. The molecule has 1 saturated carbocycles. The molecule has 3 aromatic rings. The predicted molar refractivity (Wildman–Crippen MR) is 113 cm³/mol. The second-order valence-electron chi connectivity index (χ2n) is 6.62. The second kappa shape index (κ2) is 7.36. The number of fused-ring (bicyclic) bond motifs is 1. The third-order valence-corrected chi connectivity index (χ3v) is 4.77. The summed E-state index contributed by atoms with van der Waals surface area (Å²) < 4.78 is 0. The van der Waals surface area contributed by atoms with E-state index in [0.29, 0.717) is 10.9 Å². The Morgan fingerprint density at radius 1 is 1.22 bits per heavy atom. The van der Waals surface area contributed by atoms with Gasteiger partial charge in [0.05, 0.1) is 0 Å². The first kappa shape index (κ1) is 17.5. The van der Waals surface area contributed by atoms with Crippen LogP contribution >= 0.6 is 12.2 Å². The topological polar surface area (TPSA) is 81.8 Å². The number of rotatable bonds is 5. The Hall–Kier alpha value is -2.93. The van der Waals surface area contributed by atoms with Gasteiger partial charge in [0.2, 0.25) is 5.91 Å². The highest BCUT2D eigenvalue weighted by atomic mass is 32.1. The van der Waals surface area contributed by atoms with Crippen molar-refractivity contribution in [1.29, 1.82) is 0 Å². The molecule has 4 rings (SSSR count). The summed E-state index contributed by atoms with van der Waals surface area (Å²) in [6, 6.07) is 12.0. The van der Waals surface area contributed by atoms with Gasteiger partial charge < -0.3 is 20.9 Å². The van der Waals surface area contributed by atoms with Crippen molar-refractivity contribution in [2.45, 2.75) is 19.8 Å². The molecule has 2 heterocycles. The van der Waals surface area contributed by atoms with Crippen LogP contribution in [0.3, 0.4) is 0 Å². The van der Waals surface area contributed by atoms with Crippen molar-refractivity contribution >= 4 is 45.8 Å². The van der Waals surface area contributed by atoms with Crippen molar-refractivity contribution in [2.24, 2.45) is 5.92 Å². The molecule has 4 N–H and O–H groups in total. The van der Waals surface area contributed by atoms with Crippen LogP contribution in [-0.4, -0.2) is 27.5 Å². The molecule has 2 aromatic heterocycles. The fourth-order valence-electron chi connectivity index (χ4n) is 2.98. The van der Waals surface area contributed by atoms with Crippen molar-refractivity contribution in [2.75, 3.05) is 17.2 Å². The molecule has 1 aliphatic rings. The van der Waals surface area contributed by atoms with E-state index in [1.165, 1.54) is 0 Å². The van der Waals surface area contributed by atoms with Crippen LogP contribution in [-0.2, 0) is 4.79 Å². The van der Waals surface area contributed by atoms with E-state index in [1.54, 1.807) is 0 Å². The fraction of sp³-hybridized carbons (Fsp3) is 0.250. The van der Waals surface area contributed by atoms with E-state index in [1.807, 2.05) is 49.5 Å². The number of benzene rings is 1. The lowest BCUT2D eigenvalue weighted by molar-refractivity contribution is -0.117. The average molecular weight is 379 g/mol. The Morgan fingerprint density at radius 2 is 2.00 bits per heavy atom. The molecule has 0 bridgehead atoms. The number of nitrogens with zero attached hydrogens (tertiary/aromatic N) is 1. The molecule has 1 fully saturated rings. The van der Waals surface area contributed by atoms with E-state index in [-0.39, 0.29) is 11.8 Å². The SMILES string of the molecule is CCNC(=S)Nc1ccc(-c2cc(NC(=O)C3CC3)nc3[nH]ccc23)cc1. The molecule has 1 aromatic carbocycles. The van der Waals surface area contributed by atoms with Crippen LogP contribution in [0.5, 0.6) is 0 Å². The highest BCUT2D eigenvalue weighted by Gasteiger charge is 2.30. The molecule has 0 atom stereocenters. The summed E-state index contributed by atoms with van der Waals surface area (Å²) >= 11 is 5.22. The molecule has 7 heteroatoms. The van der Waals surface area contributed by atoms with Crippen LogP contribution in [0.25, 0.3) is 22.2 Å². The van der Waals surface area contributed by atoms with Crippen molar-refractivity contribution < 1.29 is 4.79 Å². The number of hydrogen-bond donors (Lipinski definition) is 4. The Balaban J connectivity index is 1.62. The normalized spacial score (nSPS) is 13.4. The maximum atomic E-state index is 12.1. The Kier molecular flexibility index (Phi) is 4.77. The predicted octanol–water partition coefficient (Wildman–Crippen LogP) is 3.88. The summed E-state index contributed by atoms with van der Waals surface area (Å²) in [6.07, 6.45) is 3.79. The van der Waals surface area contributed by atoms with E-state index >= 15 is 0 Å². The van der Waals surface area contributed by atoms with Crippen LogP contribution in [0.15, 0.2) is 42.6 Å². The molecule has 0 unspecified atom stereocenters. The maximum absolute atomic E-state index is 12.1. The lowest BCUT2D eigenvalue weighted by atomic mass is 10.0. The number of H-pyrrole nitrogens is 1. The highest BCUT2D eigenvalue weighted by molar-refractivity contribution is 7.80. The molecule has 27 heavy (non-hydrogen) atoms. The van der Waals surface area contributed by atoms with E-state index in [4.69, 9.17) is 12.2 Å². The van der Waals surface area contributed by atoms with Gasteiger partial charge in [-0.25, -0.2) is 4.98 Å². The Labute approximate surface area is 162 Å². The summed E-state index contributed by atoms with van der Waals surface area (Å²) in [7, 11) is 0. The second-order valence-corrected chi connectivity index (χ2v) is 7.03. The van der Waals surface area contributed by atoms with Gasteiger partial charge in [0, 0.05) is 29.7 Å². The van der Waals surface area contributed by atoms with E-state index in [9.17, 15) is 4.79 Å². The van der Waals surface area contributed by atoms with Crippen molar-refractivity contribution in [1.82, 2.24) is 15.3 Å². The number of carbonyl (C=O) groups excluding carboxylic acids is 1. The molecule has 138 valence electrons. The van der Waals surface area contributed by atoms with Gasteiger partial charge in [0.25, 0.3) is 0 Å². The molecule has 1 aliphatic carbocycles. The minimum atomic E-state index is 0.0517. The number of pyridine rings is 1. The van der Waals surface area contributed by atoms with Crippen LogP contribution in [0.2, 0.25) is 0 Å². The standard InChI is InChI=1S/C20H21N5OS/c1-2-21-20(27)23-14-7-5-12(6-8-14)16-11-17(25-19(26)13-3-4-13)24-18-15(16)9-10-22-18/h5-11,13H,2-4H2,1H3,(H2,21,23,27)(H2,22,24,25,26). The van der Waals surface area contributed by atoms with Gasteiger partial charge in [0.1, 0.15) is 11.5 Å². The molecule has 0 aliphatic heterocycles. The zero-order valence-corrected chi connectivity index (χ0v) is 15.8. The van der Waals surface area contributed by atoms with Gasteiger partial charge in [-0.1, -0.05) is 12.1 Å². The fourth-order valence-corrected chi connectivity index (χ4v) is 3.25. The molecule has 6 nitrogen and oxygen atoms in total.